The Morgan fingerprint density at radius 3 is 2.70 bits per heavy atom. The zero-order chi connectivity index (χ0) is 14.3. The van der Waals surface area contributed by atoms with Crippen LogP contribution < -0.4 is 5.32 Å². The third-order valence-electron chi connectivity index (χ3n) is 4.00. The van der Waals surface area contributed by atoms with Crippen LogP contribution in [-0.4, -0.2) is 6.54 Å². The molecule has 0 spiro atoms. The maximum atomic E-state index is 13.2. The van der Waals surface area contributed by atoms with Gasteiger partial charge in [0.1, 0.15) is 5.82 Å². The van der Waals surface area contributed by atoms with Crippen molar-refractivity contribution < 1.29 is 4.39 Å². The van der Waals surface area contributed by atoms with Gasteiger partial charge in [0, 0.05) is 24.1 Å². The zero-order valence-electron chi connectivity index (χ0n) is 11.6. The van der Waals surface area contributed by atoms with Crippen molar-refractivity contribution in [3.63, 3.8) is 0 Å². The molecule has 0 unspecified atom stereocenters. The summed E-state index contributed by atoms with van der Waals surface area (Å²) in [7, 11) is 0. The molecule has 0 fully saturated rings. The number of fused-ring (bicyclic) bond motifs is 1. The van der Waals surface area contributed by atoms with E-state index in [4.69, 9.17) is 11.6 Å². The predicted octanol–water partition coefficient (Wildman–Crippen LogP) is 4.53. The monoisotopic (exact) mass is 289 g/mol. The molecule has 0 atom stereocenters. The first-order valence-corrected chi connectivity index (χ1v) is 7.15. The van der Waals surface area contributed by atoms with Crippen molar-refractivity contribution in [2.45, 2.75) is 25.8 Å². The van der Waals surface area contributed by atoms with Gasteiger partial charge in [-0.3, -0.25) is 0 Å². The van der Waals surface area contributed by atoms with E-state index in [9.17, 15) is 4.39 Å². The number of rotatable bonds is 1. The minimum Gasteiger partial charge on any atom is -0.312 e. The molecule has 0 aromatic heterocycles. The molecule has 0 radical (unpaired) electrons. The fourth-order valence-corrected chi connectivity index (χ4v) is 3.24. The average molecular weight is 290 g/mol. The maximum Gasteiger partial charge on any atom is 0.124 e. The average Bonchev–Trinajstić information content (AvgIpc) is 2.38. The van der Waals surface area contributed by atoms with Crippen molar-refractivity contribution in [2.24, 2.45) is 0 Å². The lowest BCUT2D eigenvalue weighted by atomic mass is 9.77. The summed E-state index contributed by atoms with van der Waals surface area (Å²) in [4.78, 5) is 0. The summed E-state index contributed by atoms with van der Waals surface area (Å²) >= 11 is 6.22. The molecule has 1 nitrogen and oxygen atoms in total. The largest absolute Gasteiger partial charge is 0.312 e. The summed E-state index contributed by atoms with van der Waals surface area (Å²) in [6, 6.07) is 10.9. The molecule has 0 aliphatic carbocycles. The fourth-order valence-electron chi connectivity index (χ4n) is 2.97. The molecule has 1 N–H and O–H groups in total. The van der Waals surface area contributed by atoms with Crippen LogP contribution in [0.15, 0.2) is 36.4 Å². The molecule has 0 saturated carbocycles. The summed E-state index contributed by atoms with van der Waals surface area (Å²) in [5, 5.41) is 3.92. The third-order valence-corrected chi connectivity index (χ3v) is 4.31. The second kappa shape index (κ2) is 4.87. The van der Waals surface area contributed by atoms with Gasteiger partial charge in [-0.2, -0.15) is 0 Å². The second-order valence-electron chi connectivity index (χ2n) is 5.94. The van der Waals surface area contributed by atoms with E-state index < -0.39 is 0 Å². The van der Waals surface area contributed by atoms with Gasteiger partial charge in [-0.1, -0.05) is 43.6 Å². The van der Waals surface area contributed by atoms with Gasteiger partial charge >= 0.3 is 0 Å². The first kappa shape index (κ1) is 13.6. The van der Waals surface area contributed by atoms with Gasteiger partial charge in [0.25, 0.3) is 0 Å². The first-order valence-electron chi connectivity index (χ1n) is 6.77. The van der Waals surface area contributed by atoms with Gasteiger partial charge in [0.05, 0.1) is 5.02 Å². The van der Waals surface area contributed by atoms with Crippen molar-refractivity contribution in [3.05, 3.63) is 58.4 Å². The lowest BCUT2D eigenvalue weighted by molar-refractivity contribution is 0.435. The SMILES string of the molecule is CC1(C)CNCc2c(-c3ccc(F)cc3Cl)cccc21. The smallest absolute Gasteiger partial charge is 0.124 e. The quantitative estimate of drug-likeness (QED) is 0.813. The van der Waals surface area contributed by atoms with Gasteiger partial charge < -0.3 is 5.32 Å². The number of nitrogens with one attached hydrogen (secondary N) is 1. The molecule has 104 valence electrons. The Morgan fingerprint density at radius 1 is 1.15 bits per heavy atom. The number of hydrogen-bond acceptors (Lipinski definition) is 1. The Kier molecular flexibility index (Phi) is 3.31. The molecular weight excluding hydrogens is 273 g/mol. The number of benzene rings is 2. The highest BCUT2D eigenvalue weighted by atomic mass is 35.5. The minimum atomic E-state index is -0.304. The molecule has 3 rings (SSSR count). The Hall–Kier alpha value is -1.38. The van der Waals surface area contributed by atoms with E-state index in [1.807, 2.05) is 0 Å². The highest BCUT2D eigenvalue weighted by Crippen LogP contribution is 2.38. The topological polar surface area (TPSA) is 12.0 Å². The van der Waals surface area contributed by atoms with Crippen molar-refractivity contribution in [3.8, 4) is 11.1 Å². The first-order chi connectivity index (χ1) is 9.49. The lowest BCUT2D eigenvalue weighted by Crippen LogP contribution is -2.38. The van der Waals surface area contributed by atoms with Crippen LogP contribution in [0.4, 0.5) is 4.39 Å². The summed E-state index contributed by atoms with van der Waals surface area (Å²) in [6.07, 6.45) is 0. The van der Waals surface area contributed by atoms with Crippen LogP contribution in [0.25, 0.3) is 11.1 Å². The molecule has 3 heteroatoms. The van der Waals surface area contributed by atoms with Crippen molar-refractivity contribution in [1.29, 1.82) is 0 Å². The summed E-state index contributed by atoms with van der Waals surface area (Å²) in [5.41, 5.74) is 4.68. The predicted molar refractivity (Wildman–Crippen MR) is 81.6 cm³/mol. The molecular formula is C17H17ClFN. The molecule has 2 aromatic rings. The van der Waals surface area contributed by atoms with Crippen LogP contribution in [0.3, 0.4) is 0 Å². The van der Waals surface area contributed by atoms with E-state index in [1.54, 1.807) is 6.07 Å². The van der Waals surface area contributed by atoms with Crippen molar-refractivity contribution in [2.75, 3.05) is 6.54 Å². The molecule has 1 aliphatic heterocycles. The third kappa shape index (κ3) is 2.23. The Labute approximate surface area is 123 Å². The highest BCUT2D eigenvalue weighted by Gasteiger charge is 2.28. The second-order valence-corrected chi connectivity index (χ2v) is 6.35. The number of hydrogen-bond donors (Lipinski definition) is 1. The van der Waals surface area contributed by atoms with Crippen molar-refractivity contribution >= 4 is 11.6 Å². The van der Waals surface area contributed by atoms with Gasteiger partial charge in [0.15, 0.2) is 0 Å². The summed E-state index contributed by atoms with van der Waals surface area (Å²) < 4.78 is 13.2. The number of halogens is 2. The fraction of sp³-hybridized carbons (Fsp3) is 0.294. The van der Waals surface area contributed by atoms with E-state index in [0.717, 1.165) is 24.2 Å². The molecule has 0 bridgehead atoms. The summed E-state index contributed by atoms with van der Waals surface area (Å²) in [6.45, 7) is 6.24. The van der Waals surface area contributed by atoms with E-state index in [-0.39, 0.29) is 11.2 Å². The van der Waals surface area contributed by atoms with E-state index in [2.05, 4.69) is 37.4 Å². The van der Waals surface area contributed by atoms with Gasteiger partial charge in [0.2, 0.25) is 0 Å². The zero-order valence-corrected chi connectivity index (χ0v) is 12.4. The van der Waals surface area contributed by atoms with Crippen LogP contribution in [-0.2, 0) is 12.0 Å². The van der Waals surface area contributed by atoms with Crippen LogP contribution in [0.5, 0.6) is 0 Å². The molecule has 2 aromatic carbocycles. The van der Waals surface area contributed by atoms with Crippen LogP contribution in [0.2, 0.25) is 5.02 Å². The maximum absolute atomic E-state index is 13.2. The van der Waals surface area contributed by atoms with E-state index in [1.165, 1.54) is 23.3 Å². The molecule has 0 saturated heterocycles. The molecule has 20 heavy (non-hydrogen) atoms. The minimum absolute atomic E-state index is 0.0934. The Morgan fingerprint density at radius 2 is 1.95 bits per heavy atom. The highest BCUT2D eigenvalue weighted by molar-refractivity contribution is 6.33. The van der Waals surface area contributed by atoms with Gasteiger partial charge in [-0.15, -0.1) is 0 Å². The molecule has 1 aliphatic rings. The Balaban J connectivity index is 2.21. The van der Waals surface area contributed by atoms with E-state index in [0.29, 0.717) is 5.02 Å². The molecule has 0 amide bonds. The van der Waals surface area contributed by atoms with E-state index >= 15 is 0 Å². The van der Waals surface area contributed by atoms with Gasteiger partial charge in [-0.25, -0.2) is 4.39 Å². The van der Waals surface area contributed by atoms with Gasteiger partial charge in [-0.05, 0) is 34.9 Å². The van der Waals surface area contributed by atoms with Crippen LogP contribution >= 0.6 is 11.6 Å². The van der Waals surface area contributed by atoms with Crippen LogP contribution in [0.1, 0.15) is 25.0 Å². The van der Waals surface area contributed by atoms with Crippen LogP contribution in [0, 0.1) is 5.82 Å². The summed E-state index contributed by atoms with van der Waals surface area (Å²) in [5.74, 6) is -0.304. The Bertz CT molecular complexity index is 664. The normalized spacial score (nSPS) is 16.8. The standard InChI is InChI=1S/C17H17ClFN/c1-17(2)10-20-9-14-12(4-3-5-15(14)17)13-7-6-11(19)8-16(13)18/h3-8,20H,9-10H2,1-2H3. The lowest BCUT2D eigenvalue weighted by Gasteiger charge is -2.34. The van der Waals surface area contributed by atoms with Crippen molar-refractivity contribution in [1.82, 2.24) is 5.32 Å². The molecule has 1 heterocycles.